The average molecular weight is 488 g/mol. The van der Waals surface area contributed by atoms with Crippen molar-refractivity contribution in [3.05, 3.63) is 88.9 Å². The van der Waals surface area contributed by atoms with Crippen LogP contribution in [0.1, 0.15) is 15.9 Å². The van der Waals surface area contributed by atoms with Crippen LogP contribution in [0, 0.1) is 0 Å². The first-order chi connectivity index (χ1) is 15.7. The third kappa shape index (κ3) is 6.32. The summed E-state index contributed by atoms with van der Waals surface area (Å²) in [5, 5.41) is 2.79. The second-order valence-electron chi connectivity index (χ2n) is 7.09. The van der Waals surface area contributed by atoms with Crippen molar-refractivity contribution >= 4 is 39.1 Å². The van der Waals surface area contributed by atoms with Crippen LogP contribution >= 0.6 is 11.6 Å². The Labute approximate surface area is 196 Å². The third-order valence-electron chi connectivity index (χ3n) is 4.77. The number of hydrogen-bond acceptors (Lipinski definition) is 5. The molecule has 0 spiro atoms. The predicted octanol–water partition coefficient (Wildman–Crippen LogP) is 2.98. The monoisotopic (exact) mass is 487 g/mol. The topological polar surface area (TPSA) is 128 Å². The number of hydrogen-bond donors (Lipinski definition) is 3. The molecule has 0 radical (unpaired) electrons. The number of nitrogens with one attached hydrogen (secondary N) is 2. The van der Waals surface area contributed by atoms with Crippen LogP contribution in [-0.2, 0) is 21.2 Å². The number of sulfonamides is 1. The molecule has 0 unspecified atom stereocenters. The van der Waals surface area contributed by atoms with Crippen LogP contribution in [0.25, 0.3) is 0 Å². The number of primary amides is 1. The first-order valence-corrected chi connectivity index (χ1v) is 11.7. The van der Waals surface area contributed by atoms with Crippen LogP contribution in [0.4, 0.5) is 5.69 Å². The number of anilines is 1. The van der Waals surface area contributed by atoms with Gasteiger partial charge >= 0.3 is 0 Å². The highest BCUT2D eigenvalue weighted by Crippen LogP contribution is 2.27. The van der Waals surface area contributed by atoms with E-state index in [1.165, 1.54) is 49.6 Å². The molecule has 1 atom stereocenters. The Bertz CT molecular complexity index is 1250. The van der Waals surface area contributed by atoms with Crippen molar-refractivity contribution in [2.75, 3.05) is 12.4 Å². The number of amides is 2. The lowest BCUT2D eigenvalue weighted by molar-refractivity contribution is -0.117. The van der Waals surface area contributed by atoms with Crippen molar-refractivity contribution in [2.24, 2.45) is 5.73 Å². The van der Waals surface area contributed by atoms with Gasteiger partial charge in [0.05, 0.1) is 17.0 Å². The van der Waals surface area contributed by atoms with Crippen LogP contribution in [0.2, 0.25) is 5.02 Å². The fourth-order valence-electron chi connectivity index (χ4n) is 3.05. The van der Waals surface area contributed by atoms with Gasteiger partial charge in [0, 0.05) is 11.3 Å². The van der Waals surface area contributed by atoms with Gasteiger partial charge in [0.1, 0.15) is 11.8 Å². The number of halogens is 1. The quantitative estimate of drug-likeness (QED) is 0.427. The molecule has 0 bridgehead atoms. The van der Waals surface area contributed by atoms with Gasteiger partial charge in [-0.1, -0.05) is 41.9 Å². The minimum atomic E-state index is -4.09. The predicted molar refractivity (Wildman–Crippen MR) is 126 cm³/mol. The molecule has 4 N–H and O–H groups in total. The van der Waals surface area contributed by atoms with E-state index in [1.807, 2.05) is 6.07 Å². The van der Waals surface area contributed by atoms with E-state index >= 15 is 0 Å². The lowest BCUT2D eigenvalue weighted by Crippen LogP contribution is -2.45. The second kappa shape index (κ2) is 10.5. The summed E-state index contributed by atoms with van der Waals surface area (Å²) in [7, 11) is -2.67. The molecule has 0 aliphatic heterocycles. The van der Waals surface area contributed by atoms with Gasteiger partial charge in [0.25, 0.3) is 0 Å². The Kier molecular flexibility index (Phi) is 7.70. The maximum Gasteiger partial charge on any atom is 0.248 e. The van der Waals surface area contributed by atoms with Crippen molar-refractivity contribution in [3.63, 3.8) is 0 Å². The molecule has 10 heteroatoms. The molecule has 172 valence electrons. The molecular weight excluding hydrogens is 466 g/mol. The Morgan fingerprint density at radius 2 is 1.70 bits per heavy atom. The molecule has 3 rings (SSSR count). The maximum atomic E-state index is 13.0. The number of carbonyl (C=O) groups excluding carboxylic acids is 2. The molecule has 0 saturated heterocycles. The van der Waals surface area contributed by atoms with E-state index in [2.05, 4.69) is 10.0 Å². The smallest absolute Gasteiger partial charge is 0.248 e. The van der Waals surface area contributed by atoms with Gasteiger partial charge in [-0.2, -0.15) is 4.72 Å². The number of ether oxygens (including phenoxy) is 1. The van der Waals surface area contributed by atoms with E-state index < -0.39 is 27.9 Å². The summed E-state index contributed by atoms with van der Waals surface area (Å²) in [6.07, 6.45) is 0.106. The molecular formula is C23H22ClN3O5S. The molecule has 0 aliphatic carbocycles. The lowest BCUT2D eigenvalue weighted by atomic mass is 10.1. The summed E-state index contributed by atoms with van der Waals surface area (Å²) in [5.74, 6) is -0.844. The standard InChI is InChI=1S/C23H22ClN3O5S/c1-32-21-12-11-18(14-19(21)24)33(30,31)27-20(13-15-5-3-2-4-6-15)23(29)26-17-9-7-16(8-10-17)22(25)28/h2-12,14,20,27H,13H2,1H3,(H2,25,28)(H,26,29)/t20-/m1/s1. The molecule has 0 aromatic heterocycles. The Morgan fingerprint density at radius 3 is 2.27 bits per heavy atom. The SMILES string of the molecule is COc1ccc(S(=O)(=O)N[C@H](Cc2ccccc2)C(=O)Nc2ccc(C(N)=O)cc2)cc1Cl. The van der Waals surface area contributed by atoms with Crippen molar-refractivity contribution < 1.29 is 22.7 Å². The molecule has 0 heterocycles. The molecule has 0 fully saturated rings. The van der Waals surface area contributed by atoms with Crippen LogP contribution < -0.4 is 20.5 Å². The number of carbonyl (C=O) groups is 2. The summed E-state index contributed by atoms with van der Waals surface area (Å²) in [6, 6.07) is 17.8. The molecule has 3 aromatic carbocycles. The van der Waals surface area contributed by atoms with E-state index in [-0.39, 0.29) is 21.9 Å². The van der Waals surface area contributed by atoms with Gasteiger partial charge < -0.3 is 15.8 Å². The van der Waals surface area contributed by atoms with Crippen LogP contribution in [0.5, 0.6) is 5.75 Å². The van der Waals surface area contributed by atoms with Crippen molar-refractivity contribution in [3.8, 4) is 5.75 Å². The van der Waals surface area contributed by atoms with Crippen LogP contribution in [0.3, 0.4) is 0 Å². The van der Waals surface area contributed by atoms with Gasteiger partial charge in [-0.3, -0.25) is 9.59 Å². The van der Waals surface area contributed by atoms with Crippen molar-refractivity contribution in [1.29, 1.82) is 0 Å². The lowest BCUT2D eigenvalue weighted by Gasteiger charge is -2.19. The molecule has 3 aromatic rings. The van der Waals surface area contributed by atoms with Crippen LogP contribution in [-0.4, -0.2) is 33.4 Å². The number of rotatable bonds is 9. The number of methoxy groups -OCH3 is 1. The van der Waals surface area contributed by atoms with Crippen LogP contribution in [0.15, 0.2) is 77.7 Å². The van der Waals surface area contributed by atoms with E-state index in [0.717, 1.165) is 5.56 Å². The van der Waals surface area contributed by atoms with E-state index in [9.17, 15) is 18.0 Å². The summed E-state index contributed by atoms with van der Waals surface area (Å²) in [6.45, 7) is 0. The van der Waals surface area contributed by atoms with Gasteiger partial charge in [-0.25, -0.2) is 8.42 Å². The van der Waals surface area contributed by atoms with Crippen molar-refractivity contribution in [1.82, 2.24) is 4.72 Å². The Hall–Kier alpha value is -3.40. The first kappa shape index (κ1) is 24.2. The van der Waals surface area contributed by atoms with E-state index in [1.54, 1.807) is 24.3 Å². The highest BCUT2D eigenvalue weighted by atomic mass is 35.5. The molecule has 0 saturated carbocycles. The van der Waals surface area contributed by atoms with Gasteiger partial charge in [-0.15, -0.1) is 0 Å². The minimum Gasteiger partial charge on any atom is -0.495 e. The maximum absolute atomic E-state index is 13.0. The van der Waals surface area contributed by atoms with Gasteiger partial charge in [0.2, 0.25) is 21.8 Å². The Balaban J connectivity index is 1.86. The van der Waals surface area contributed by atoms with E-state index in [0.29, 0.717) is 11.4 Å². The molecule has 33 heavy (non-hydrogen) atoms. The minimum absolute atomic E-state index is 0.106. The first-order valence-electron chi connectivity index (χ1n) is 9.80. The highest BCUT2D eigenvalue weighted by molar-refractivity contribution is 7.89. The highest BCUT2D eigenvalue weighted by Gasteiger charge is 2.27. The largest absolute Gasteiger partial charge is 0.495 e. The fourth-order valence-corrected chi connectivity index (χ4v) is 4.60. The van der Waals surface area contributed by atoms with Gasteiger partial charge in [0.15, 0.2) is 0 Å². The molecule has 0 aliphatic rings. The zero-order valence-corrected chi connectivity index (χ0v) is 19.2. The summed E-state index contributed by atoms with van der Waals surface area (Å²) >= 11 is 6.08. The second-order valence-corrected chi connectivity index (χ2v) is 9.21. The normalized spacial score (nSPS) is 12.1. The zero-order valence-electron chi connectivity index (χ0n) is 17.6. The number of nitrogens with two attached hydrogens (primary N) is 1. The zero-order chi connectivity index (χ0) is 24.0. The summed E-state index contributed by atoms with van der Waals surface area (Å²) in [5.41, 5.74) is 6.66. The molecule has 2 amide bonds. The summed E-state index contributed by atoms with van der Waals surface area (Å²) in [4.78, 5) is 24.2. The number of benzene rings is 3. The fraction of sp³-hybridized carbons (Fsp3) is 0.130. The molecule has 8 nitrogen and oxygen atoms in total. The van der Waals surface area contributed by atoms with Crippen molar-refractivity contribution in [2.45, 2.75) is 17.4 Å². The average Bonchev–Trinajstić information content (AvgIpc) is 2.79. The summed E-state index contributed by atoms with van der Waals surface area (Å²) < 4.78 is 33.6. The van der Waals surface area contributed by atoms with E-state index in [4.69, 9.17) is 22.1 Å². The Morgan fingerprint density at radius 1 is 1.03 bits per heavy atom. The van der Waals surface area contributed by atoms with Gasteiger partial charge in [-0.05, 0) is 54.4 Å². The third-order valence-corrected chi connectivity index (χ3v) is 6.53.